The average molecular weight is 351 g/mol. The Hall–Kier alpha value is -1.62. The fraction of sp³-hybridized carbons (Fsp3) is 0.375. The lowest BCUT2D eigenvalue weighted by atomic mass is 10.2. The van der Waals surface area contributed by atoms with Crippen LogP contribution in [-0.2, 0) is 9.59 Å². The molecule has 0 unspecified atom stereocenters. The molecule has 2 rings (SSSR count). The Kier molecular flexibility index (Phi) is 5.17. The number of nitrogens with one attached hydrogen (secondary N) is 2. The topological polar surface area (TPSA) is 58.2 Å². The monoisotopic (exact) mass is 350 g/mol. The largest absolute Gasteiger partial charge is 0.343 e. The van der Waals surface area contributed by atoms with Crippen LogP contribution in [0.2, 0.25) is 0 Å². The van der Waals surface area contributed by atoms with Gasteiger partial charge in [-0.2, -0.15) is 0 Å². The zero-order chi connectivity index (χ0) is 15.4. The summed E-state index contributed by atoms with van der Waals surface area (Å²) in [4.78, 5) is 23.5. The van der Waals surface area contributed by atoms with Crippen LogP contribution in [-0.4, -0.2) is 18.4 Å². The maximum Gasteiger partial charge on any atom is 0.244 e. The Morgan fingerprint density at radius 2 is 2.10 bits per heavy atom. The highest BCUT2D eigenvalue weighted by Gasteiger charge is 2.23. The van der Waals surface area contributed by atoms with E-state index in [1.54, 1.807) is 6.08 Å². The van der Waals surface area contributed by atoms with Crippen LogP contribution in [0.4, 0.5) is 5.69 Å². The summed E-state index contributed by atoms with van der Waals surface area (Å²) in [6.45, 7) is 3.85. The molecule has 1 aromatic carbocycles. The molecule has 112 valence electrons. The third-order valence-electron chi connectivity index (χ3n) is 3.47. The molecule has 0 radical (unpaired) electrons. The molecule has 1 aromatic rings. The van der Waals surface area contributed by atoms with Crippen molar-refractivity contribution in [3.63, 3.8) is 0 Å². The van der Waals surface area contributed by atoms with Gasteiger partial charge in [-0.1, -0.05) is 21.5 Å². The molecule has 1 aliphatic carbocycles. The molecule has 0 spiro atoms. The SMILES string of the molecule is C/C(=C/C(=O)NCC(=O)Nc1ccc(Br)cc1C)C1CC1. The minimum atomic E-state index is -0.230. The van der Waals surface area contributed by atoms with Crippen LogP contribution in [0.25, 0.3) is 0 Å². The molecule has 21 heavy (non-hydrogen) atoms. The number of aryl methyl sites for hydroxylation is 1. The smallest absolute Gasteiger partial charge is 0.244 e. The quantitative estimate of drug-likeness (QED) is 0.801. The summed E-state index contributed by atoms with van der Waals surface area (Å²) in [6, 6.07) is 5.62. The first kappa shape index (κ1) is 15.8. The first-order valence-electron chi connectivity index (χ1n) is 6.97. The van der Waals surface area contributed by atoms with Gasteiger partial charge in [-0.15, -0.1) is 0 Å². The van der Waals surface area contributed by atoms with Gasteiger partial charge in [0.25, 0.3) is 0 Å². The van der Waals surface area contributed by atoms with Crippen LogP contribution in [0, 0.1) is 12.8 Å². The molecule has 4 nitrogen and oxygen atoms in total. The van der Waals surface area contributed by atoms with Crippen molar-refractivity contribution in [2.24, 2.45) is 5.92 Å². The van der Waals surface area contributed by atoms with Crippen molar-refractivity contribution < 1.29 is 9.59 Å². The first-order valence-corrected chi connectivity index (χ1v) is 7.77. The predicted molar refractivity (Wildman–Crippen MR) is 87.0 cm³/mol. The summed E-state index contributed by atoms with van der Waals surface area (Å²) in [7, 11) is 0. The lowest BCUT2D eigenvalue weighted by Crippen LogP contribution is -2.32. The maximum absolute atomic E-state index is 11.8. The number of carbonyl (C=O) groups excluding carboxylic acids is 2. The van der Waals surface area contributed by atoms with E-state index in [2.05, 4.69) is 26.6 Å². The Balaban J connectivity index is 1.81. The highest BCUT2D eigenvalue weighted by atomic mass is 79.9. The number of benzene rings is 1. The van der Waals surface area contributed by atoms with E-state index in [1.807, 2.05) is 32.0 Å². The molecule has 1 fully saturated rings. The van der Waals surface area contributed by atoms with Crippen molar-refractivity contribution in [1.29, 1.82) is 0 Å². The molecule has 5 heteroatoms. The van der Waals surface area contributed by atoms with Crippen LogP contribution < -0.4 is 10.6 Å². The van der Waals surface area contributed by atoms with Crippen molar-refractivity contribution in [2.75, 3.05) is 11.9 Å². The lowest BCUT2D eigenvalue weighted by Gasteiger charge is -2.09. The van der Waals surface area contributed by atoms with E-state index < -0.39 is 0 Å². The molecule has 0 bridgehead atoms. The summed E-state index contributed by atoms with van der Waals surface area (Å²) < 4.78 is 0.965. The highest BCUT2D eigenvalue weighted by molar-refractivity contribution is 9.10. The van der Waals surface area contributed by atoms with Gasteiger partial charge in [0.15, 0.2) is 0 Å². The molecule has 1 aliphatic rings. The minimum absolute atomic E-state index is 0.0250. The average Bonchev–Trinajstić information content (AvgIpc) is 3.24. The second kappa shape index (κ2) is 6.89. The van der Waals surface area contributed by atoms with E-state index in [0.29, 0.717) is 5.92 Å². The maximum atomic E-state index is 11.8. The molecule has 1 saturated carbocycles. The van der Waals surface area contributed by atoms with Crippen LogP contribution in [0.5, 0.6) is 0 Å². The first-order chi connectivity index (χ1) is 9.95. The van der Waals surface area contributed by atoms with Gasteiger partial charge < -0.3 is 10.6 Å². The van der Waals surface area contributed by atoms with Crippen molar-refractivity contribution in [2.45, 2.75) is 26.7 Å². The number of carbonyl (C=O) groups is 2. The Morgan fingerprint density at radius 3 is 2.71 bits per heavy atom. The van der Waals surface area contributed by atoms with E-state index in [0.717, 1.165) is 21.3 Å². The van der Waals surface area contributed by atoms with Crippen molar-refractivity contribution in [3.05, 3.63) is 39.9 Å². The van der Waals surface area contributed by atoms with Gasteiger partial charge in [-0.3, -0.25) is 9.59 Å². The molecule has 2 N–H and O–H groups in total. The Bertz CT molecular complexity index is 592. The van der Waals surface area contributed by atoms with Crippen LogP contribution in [0.1, 0.15) is 25.3 Å². The van der Waals surface area contributed by atoms with Crippen LogP contribution >= 0.6 is 15.9 Å². The number of rotatable bonds is 5. The molecule has 0 atom stereocenters. The highest BCUT2D eigenvalue weighted by Crippen LogP contribution is 2.35. The van der Waals surface area contributed by atoms with Crippen molar-refractivity contribution >= 4 is 33.4 Å². The molecular formula is C16H19BrN2O2. The van der Waals surface area contributed by atoms with Gasteiger partial charge in [0, 0.05) is 16.2 Å². The van der Waals surface area contributed by atoms with Gasteiger partial charge in [0.1, 0.15) is 0 Å². The normalized spacial score (nSPS) is 14.7. The second-order valence-electron chi connectivity index (χ2n) is 5.39. The standard InChI is InChI=1S/C16H19BrN2O2/c1-10(12-3-4-12)8-15(20)18-9-16(21)19-14-6-5-13(17)7-11(14)2/h5-8,12H,3-4,9H2,1-2H3,(H,18,20)(H,19,21)/b10-8-. The summed E-state index contributed by atoms with van der Waals surface area (Å²) >= 11 is 3.38. The van der Waals surface area contributed by atoms with E-state index in [9.17, 15) is 9.59 Å². The molecule has 0 saturated heterocycles. The zero-order valence-electron chi connectivity index (χ0n) is 12.2. The van der Waals surface area contributed by atoms with E-state index in [1.165, 1.54) is 12.8 Å². The summed E-state index contributed by atoms with van der Waals surface area (Å²) in [5.74, 6) is 0.128. The van der Waals surface area contributed by atoms with Crippen molar-refractivity contribution in [3.8, 4) is 0 Å². The molecule has 0 aromatic heterocycles. The van der Waals surface area contributed by atoms with Gasteiger partial charge in [-0.05, 0) is 56.4 Å². The third kappa shape index (κ3) is 5.01. The van der Waals surface area contributed by atoms with E-state index in [-0.39, 0.29) is 18.4 Å². The van der Waals surface area contributed by atoms with Gasteiger partial charge in [-0.25, -0.2) is 0 Å². The number of amides is 2. The van der Waals surface area contributed by atoms with E-state index in [4.69, 9.17) is 0 Å². The van der Waals surface area contributed by atoms with Crippen LogP contribution in [0.3, 0.4) is 0 Å². The fourth-order valence-corrected chi connectivity index (χ4v) is 2.52. The Labute approximate surface area is 133 Å². The van der Waals surface area contributed by atoms with Gasteiger partial charge >= 0.3 is 0 Å². The molecule has 2 amide bonds. The number of allylic oxidation sites excluding steroid dienone is 1. The number of anilines is 1. The predicted octanol–water partition coefficient (Wildman–Crippen LogP) is 3.17. The molecule has 0 heterocycles. The number of hydrogen-bond acceptors (Lipinski definition) is 2. The fourth-order valence-electron chi connectivity index (χ4n) is 2.04. The number of hydrogen-bond donors (Lipinski definition) is 2. The summed E-state index contributed by atoms with van der Waals surface area (Å²) in [6.07, 6.45) is 3.92. The second-order valence-corrected chi connectivity index (χ2v) is 6.30. The van der Waals surface area contributed by atoms with Gasteiger partial charge in [0.05, 0.1) is 6.54 Å². The minimum Gasteiger partial charge on any atom is -0.343 e. The van der Waals surface area contributed by atoms with E-state index >= 15 is 0 Å². The molecular weight excluding hydrogens is 332 g/mol. The van der Waals surface area contributed by atoms with Crippen LogP contribution in [0.15, 0.2) is 34.3 Å². The molecule has 0 aliphatic heterocycles. The van der Waals surface area contributed by atoms with Gasteiger partial charge in [0.2, 0.25) is 11.8 Å². The van der Waals surface area contributed by atoms with Crippen molar-refractivity contribution in [1.82, 2.24) is 5.32 Å². The number of halogens is 1. The lowest BCUT2D eigenvalue weighted by molar-refractivity contribution is -0.121. The zero-order valence-corrected chi connectivity index (χ0v) is 13.8. The third-order valence-corrected chi connectivity index (χ3v) is 3.96. The Morgan fingerprint density at radius 1 is 1.38 bits per heavy atom. The summed E-state index contributed by atoms with van der Waals surface area (Å²) in [5.41, 5.74) is 2.81. The summed E-state index contributed by atoms with van der Waals surface area (Å²) in [5, 5.41) is 5.40.